The molecule has 0 spiro atoms. The molecule has 5 heteroatoms. The Morgan fingerprint density at radius 1 is 1.53 bits per heavy atom. The van der Waals surface area contributed by atoms with Crippen LogP contribution in [0.5, 0.6) is 5.75 Å². The average molecular weight is 252 g/mol. The van der Waals surface area contributed by atoms with Crippen molar-refractivity contribution in [2.24, 2.45) is 5.73 Å². The maximum Gasteiger partial charge on any atom is 0.268 e. The van der Waals surface area contributed by atoms with E-state index >= 15 is 0 Å². The van der Waals surface area contributed by atoms with E-state index in [9.17, 15) is 4.79 Å². The highest BCUT2D eigenvalue weighted by Crippen LogP contribution is 2.35. The predicted molar refractivity (Wildman–Crippen MR) is 70.6 cm³/mol. The van der Waals surface area contributed by atoms with Crippen LogP contribution >= 0.6 is 12.6 Å². The van der Waals surface area contributed by atoms with Gasteiger partial charge in [0.1, 0.15) is 5.75 Å². The second kappa shape index (κ2) is 4.98. The summed E-state index contributed by atoms with van der Waals surface area (Å²) in [5, 5.41) is 0. The van der Waals surface area contributed by atoms with Crippen molar-refractivity contribution in [3.8, 4) is 5.75 Å². The smallest absolute Gasteiger partial charge is 0.268 e. The Kier molecular flexibility index (Phi) is 3.59. The second-order valence-electron chi connectivity index (χ2n) is 4.01. The number of thiol groups is 1. The van der Waals surface area contributed by atoms with Gasteiger partial charge in [-0.2, -0.15) is 12.6 Å². The lowest BCUT2D eigenvalue weighted by Gasteiger charge is -2.32. The highest BCUT2D eigenvalue weighted by atomic mass is 32.1. The first-order chi connectivity index (χ1) is 8.17. The minimum atomic E-state index is -0.449. The van der Waals surface area contributed by atoms with Gasteiger partial charge in [0, 0.05) is 0 Å². The molecular weight excluding hydrogens is 236 g/mol. The molecule has 0 saturated carbocycles. The van der Waals surface area contributed by atoms with Crippen molar-refractivity contribution in [2.45, 2.75) is 19.4 Å². The van der Waals surface area contributed by atoms with Crippen molar-refractivity contribution in [3.63, 3.8) is 0 Å². The van der Waals surface area contributed by atoms with E-state index in [1.54, 1.807) is 11.8 Å². The first-order valence-electron chi connectivity index (χ1n) is 5.59. The number of anilines is 1. The van der Waals surface area contributed by atoms with Crippen molar-refractivity contribution in [3.05, 3.63) is 23.8 Å². The molecule has 0 fully saturated rings. The van der Waals surface area contributed by atoms with Crippen LogP contribution in [-0.2, 0) is 11.2 Å². The Balaban J connectivity index is 2.41. The number of carbonyl (C=O) groups is 1. The van der Waals surface area contributed by atoms with E-state index in [4.69, 9.17) is 10.5 Å². The van der Waals surface area contributed by atoms with E-state index in [2.05, 4.69) is 12.6 Å². The molecule has 2 rings (SSSR count). The van der Waals surface area contributed by atoms with Gasteiger partial charge in [-0.3, -0.25) is 9.69 Å². The lowest BCUT2D eigenvalue weighted by Crippen LogP contribution is -2.43. The monoisotopic (exact) mass is 252 g/mol. The van der Waals surface area contributed by atoms with Gasteiger partial charge in [0.25, 0.3) is 5.91 Å². The summed E-state index contributed by atoms with van der Waals surface area (Å²) in [7, 11) is 0. The fourth-order valence-corrected chi connectivity index (χ4v) is 2.21. The molecule has 1 heterocycles. The van der Waals surface area contributed by atoms with Crippen LogP contribution < -0.4 is 15.4 Å². The number of nitrogens with zero attached hydrogens (tertiary/aromatic N) is 1. The summed E-state index contributed by atoms with van der Waals surface area (Å²) in [5.74, 6) is 1.02. The molecule has 1 unspecified atom stereocenters. The van der Waals surface area contributed by atoms with Gasteiger partial charge in [-0.05, 0) is 37.6 Å². The summed E-state index contributed by atoms with van der Waals surface area (Å²) < 4.78 is 5.55. The van der Waals surface area contributed by atoms with Gasteiger partial charge < -0.3 is 10.5 Å². The number of fused-ring (bicyclic) bond motifs is 1. The van der Waals surface area contributed by atoms with Crippen LogP contribution in [0.3, 0.4) is 0 Å². The van der Waals surface area contributed by atoms with E-state index in [-0.39, 0.29) is 5.91 Å². The Morgan fingerprint density at radius 2 is 2.29 bits per heavy atom. The third-order valence-corrected chi connectivity index (χ3v) is 3.09. The summed E-state index contributed by atoms with van der Waals surface area (Å²) in [6.45, 7) is 2.33. The van der Waals surface area contributed by atoms with Crippen LogP contribution in [0.15, 0.2) is 18.2 Å². The number of amides is 1. The SMILES string of the molecule is CC1Oc2ccc(CCN)cc2N(CS)C1=O. The predicted octanol–water partition coefficient (Wildman–Crippen LogP) is 1.19. The molecule has 1 aromatic carbocycles. The molecule has 1 aliphatic rings. The Hall–Kier alpha value is -1.20. The number of benzene rings is 1. The Morgan fingerprint density at radius 3 is 2.94 bits per heavy atom. The molecule has 1 aromatic rings. The van der Waals surface area contributed by atoms with Crippen LogP contribution in [0.2, 0.25) is 0 Å². The number of carbonyl (C=O) groups excluding carboxylic acids is 1. The molecule has 17 heavy (non-hydrogen) atoms. The van der Waals surface area contributed by atoms with E-state index < -0.39 is 6.10 Å². The molecule has 4 nitrogen and oxygen atoms in total. The lowest BCUT2D eigenvalue weighted by atomic mass is 10.1. The van der Waals surface area contributed by atoms with Crippen LogP contribution in [0.4, 0.5) is 5.69 Å². The first-order valence-corrected chi connectivity index (χ1v) is 6.22. The van der Waals surface area contributed by atoms with Crippen molar-refractivity contribution in [1.29, 1.82) is 0 Å². The average Bonchev–Trinajstić information content (AvgIpc) is 2.32. The van der Waals surface area contributed by atoms with Gasteiger partial charge >= 0.3 is 0 Å². The van der Waals surface area contributed by atoms with E-state index in [0.717, 1.165) is 23.4 Å². The third kappa shape index (κ3) is 2.25. The van der Waals surface area contributed by atoms with Crippen LogP contribution in [0, 0.1) is 0 Å². The summed E-state index contributed by atoms with van der Waals surface area (Å²) in [6, 6.07) is 5.81. The summed E-state index contributed by atoms with van der Waals surface area (Å²) in [5.41, 5.74) is 7.41. The molecule has 0 saturated heterocycles. The minimum Gasteiger partial charge on any atom is -0.479 e. The summed E-state index contributed by atoms with van der Waals surface area (Å²) in [4.78, 5) is 13.5. The number of rotatable bonds is 3. The third-order valence-electron chi connectivity index (χ3n) is 2.81. The Bertz CT molecular complexity index is 437. The molecule has 0 aliphatic carbocycles. The zero-order chi connectivity index (χ0) is 12.4. The molecule has 1 atom stereocenters. The van der Waals surface area contributed by atoms with Crippen LogP contribution in [-0.4, -0.2) is 24.4 Å². The zero-order valence-corrected chi connectivity index (χ0v) is 10.6. The fourth-order valence-electron chi connectivity index (χ4n) is 1.92. The molecule has 2 N–H and O–H groups in total. The first kappa shape index (κ1) is 12.3. The number of hydrogen-bond acceptors (Lipinski definition) is 4. The number of nitrogens with two attached hydrogens (primary N) is 1. The summed E-state index contributed by atoms with van der Waals surface area (Å²) in [6.07, 6.45) is 0.340. The minimum absolute atomic E-state index is 0.0580. The van der Waals surface area contributed by atoms with E-state index in [1.807, 2.05) is 18.2 Å². The normalized spacial score (nSPS) is 18.9. The molecule has 0 radical (unpaired) electrons. The lowest BCUT2D eigenvalue weighted by molar-refractivity contribution is -0.125. The number of ether oxygens (including phenoxy) is 1. The van der Waals surface area contributed by atoms with Gasteiger partial charge in [0.15, 0.2) is 6.10 Å². The van der Waals surface area contributed by atoms with Crippen molar-refractivity contribution in [1.82, 2.24) is 0 Å². The van der Waals surface area contributed by atoms with Gasteiger partial charge in [-0.25, -0.2) is 0 Å². The van der Waals surface area contributed by atoms with Crippen molar-refractivity contribution in [2.75, 3.05) is 17.3 Å². The van der Waals surface area contributed by atoms with Gasteiger partial charge in [0.2, 0.25) is 0 Å². The van der Waals surface area contributed by atoms with E-state index in [0.29, 0.717) is 12.4 Å². The van der Waals surface area contributed by atoms with Gasteiger partial charge in [0.05, 0.1) is 11.6 Å². The van der Waals surface area contributed by atoms with Gasteiger partial charge in [-0.15, -0.1) is 0 Å². The van der Waals surface area contributed by atoms with Gasteiger partial charge in [-0.1, -0.05) is 6.07 Å². The number of hydrogen-bond donors (Lipinski definition) is 2. The molecule has 1 aliphatic heterocycles. The highest BCUT2D eigenvalue weighted by Gasteiger charge is 2.30. The fraction of sp³-hybridized carbons (Fsp3) is 0.417. The molecule has 1 amide bonds. The highest BCUT2D eigenvalue weighted by molar-refractivity contribution is 7.80. The van der Waals surface area contributed by atoms with Crippen LogP contribution in [0.1, 0.15) is 12.5 Å². The van der Waals surface area contributed by atoms with Crippen molar-refractivity contribution < 1.29 is 9.53 Å². The molecule has 0 bridgehead atoms. The molecule has 92 valence electrons. The second-order valence-corrected chi connectivity index (χ2v) is 4.29. The summed E-state index contributed by atoms with van der Waals surface area (Å²) >= 11 is 4.20. The quantitative estimate of drug-likeness (QED) is 0.795. The van der Waals surface area contributed by atoms with Crippen LogP contribution in [0.25, 0.3) is 0 Å². The standard InChI is InChI=1S/C12H16N2O2S/c1-8-12(15)14(7-17)10-6-9(4-5-13)2-3-11(10)16-8/h2-3,6,8,17H,4-5,7,13H2,1H3. The van der Waals surface area contributed by atoms with Crippen molar-refractivity contribution >= 4 is 24.2 Å². The zero-order valence-electron chi connectivity index (χ0n) is 9.72. The maximum absolute atomic E-state index is 11.9. The largest absolute Gasteiger partial charge is 0.479 e. The van der Waals surface area contributed by atoms with E-state index in [1.165, 1.54) is 0 Å². The molecule has 0 aromatic heterocycles. The maximum atomic E-state index is 11.9. The topological polar surface area (TPSA) is 55.6 Å². The Labute approximate surface area is 106 Å². The molecular formula is C12H16N2O2S.